The number of hydrogen-bond donors (Lipinski definition) is 2. The maximum Gasteiger partial charge on any atom is 0.253 e. The van der Waals surface area contributed by atoms with Crippen LogP contribution in [0.2, 0.25) is 0 Å². The zero-order valence-electron chi connectivity index (χ0n) is 14.3. The fraction of sp³-hybridized carbons (Fsp3) is 0.100. The summed E-state index contributed by atoms with van der Waals surface area (Å²) in [4.78, 5) is 15.2. The van der Waals surface area contributed by atoms with Crippen LogP contribution in [0.1, 0.15) is 5.56 Å². The minimum atomic E-state index is -0.0913. The van der Waals surface area contributed by atoms with Gasteiger partial charge in [0.1, 0.15) is 5.75 Å². The van der Waals surface area contributed by atoms with Gasteiger partial charge in [-0.3, -0.25) is 4.79 Å². The van der Waals surface area contributed by atoms with Crippen molar-refractivity contribution in [1.82, 2.24) is 14.8 Å². The minimum Gasteiger partial charge on any atom is -0.497 e. The molecule has 0 aliphatic carbocycles. The molecular weight excluding hydrogens is 328 g/mol. The molecule has 6 nitrogen and oxygen atoms in total. The Labute approximate surface area is 150 Å². The van der Waals surface area contributed by atoms with Gasteiger partial charge in [0.15, 0.2) is 0 Å². The highest BCUT2D eigenvalue weighted by atomic mass is 16.5. The molecule has 0 radical (unpaired) electrons. The van der Waals surface area contributed by atoms with Gasteiger partial charge in [-0.1, -0.05) is 18.2 Å². The van der Waals surface area contributed by atoms with Crippen LogP contribution in [0.15, 0.2) is 71.8 Å². The van der Waals surface area contributed by atoms with Crippen LogP contribution >= 0.6 is 0 Å². The average Bonchev–Trinajstić information content (AvgIpc) is 3.21. The van der Waals surface area contributed by atoms with Crippen LogP contribution in [-0.2, 0) is 6.54 Å². The molecule has 130 valence electrons. The first-order valence-corrected chi connectivity index (χ1v) is 8.27. The lowest BCUT2D eigenvalue weighted by Crippen LogP contribution is -2.15. The van der Waals surface area contributed by atoms with Crippen LogP contribution in [0, 0.1) is 0 Å². The molecule has 0 atom stereocenters. The van der Waals surface area contributed by atoms with Gasteiger partial charge in [-0.15, -0.1) is 0 Å². The van der Waals surface area contributed by atoms with Gasteiger partial charge in [0, 0.05) is 47.8 Å². The lowest BCUT2D eigenvalue weighted by atomic mass is 10.1. The number of fused-ring (bicyclic) bond motifs is 1. The summed E-state index contributed by atoms with van der Waals surface area (Å²) in [7, 11) is 1.63. The van der Waals surface area contributed by atoms with Gasteiger partial charge in [0.2, 0.25) is 0 Å². The van der Waals surface area contributed by atoms with Crippen LogP contribution in [0.3, 0.4) is 0 Å². The van der Waals surface area contributed by atoms with Crippen LogP contribution in [0.4, 0.5) is 5.69 Å². The number of ether oxygens (including phenoxy) is 1. The SMILES string of the molecule is COc1cc(NCc2cc3ccccc3[nH]c2=O)cc(-n2cccn2)c1. The van der Waals surface area contributed by atoms with Gasteiger partial charge in [-0.05, 0) is 29.7 Å². The fourth-order valence-electron chi connectivity index (χ4n) is 2.88. The van der Waals surface area contributed by atoms with Crippen LogP contribution in [0.25, 0.3) is 16.6 Å². The molecule has 0 bridgehead atoms. The van der Waals surface area contributed by atoms with Crippen molar-refractivity contribution in [3.63, 3.8) is 0 Å². The van der Waals surface area contributed by atoms with Crippen molar-refractivity contribution in [2.24, 2.45) is 0 Å². The number of anilines is 1. The monoisotopic (exact) mass is 346 g/mol. The summed E-state index contributed by atoms with van der Waals surface area (Å²) >= 11 is 0. The summed E-state index contributed by atoms with van der Waals surface area (Å²) in [5.74, 6) is 0.716. The number of rotatable bonds is 5. The van der Waals surface area contributed by atoms with Crippen molar-refractivity contribution in [3.05, 3.63) is 82.9 Å². The molecule has 0 amide bonds. The molecule has 2 heterocycles. The first-order chi connectivity index (χ1) is 12.7. The van der Waals surface area contributed by atoms with Crippen molar-refractivity contribution < 1.29 is 4.74 Å². The van der Waals surface area contributed by atoms with E-state index in [9.17, 15) is 4.79 Å². The van der Waals surface area contributed by atoms with Crippen molar-refractivity contribution in [2.75, 3.05) is 12.4 Å². The van der Waals surface area contributed by atoms with E-state index in [2.05, 4.69) is 15.4 Å². The Kier molecular flexibility index (Phi) is 4.15. The lowest BCUT2D eigenvalue weighted by molar-refractivity contribution is 0.414. The van der Waals surface area contributed by atoms with Crippen LogP contribution in [-0.4, -0.2) is 21.9 Å². The summed E-state index contributed by atoms with van der Waals surface area (Å²) < 4.78 is 7.14. The Morgan fingerprint density at radius 2 is 2.04 bits per heavy atom. The summed E-state index contributed by atoms with van der Waals surface area (Å²) in [6, 6.07) is 17.3. The number of nitrogens with one attached hydrogen (secondary N) is 2. The molecule has 0 fully saturated rings. The number of pyridine rings is 1. The van der Waals surface area contributed by atoms with Gasteiger partial charge < -0.3 is 15.0 Å². The third-order valence-electron chi connectivity index (χ3n) is 4.21. The summed E-state index contributed by atoms with van der Waals surface area (Å²) in [5, 5.41) is 8.56. The Balaban J connectivity index is 1.63. The number of nitrogens with zero attached hydrogens (tertiary/aromatic N) is 2. The lowest BCUT2D eigenvalue weighted by Gasteiger charge is -2.11. The highest BCUT2D eigenvalue weighted by molar-refractivity contribution is 5.78. The topological polar surface area (TPSA) is 71.9 Å². The van der Waals surface area contributed by atoms with E-state index in [4.69, 9.17) is 4.74 Å². The molecule has 6 heteroatoms. The summed E-state index contributed by atoms with van der Waals surface area (Å²) in [6.07, 6.45) is 3.59. The highest BCUT2D eigenvalue weighted by Crippen LogP contribution is 2.23. The molecule has 0 spiro atoms. The maximum absolute atomic E-state index is 12.3. The molecule has 26 heavy (non-hydrogen) atoms. The highest BCUT2D eigenvalue weighted by Gasteiger charge is 2.06. The largest absolute Gasteiger partial charge is 0.497 e. The van der Waals surface area contributed by atoms with E-state index in [-0.39, 0.29) is 5.56 Å². The second kappa shape index (κ2) is 6.76. The predicted molar refractivity (Wildman–Crippen MR) is 102 cm³/mol. The number of aromatic nitrogens is 3. The molecule has 0 saturated carbocycles. The number of hydrogen-bond acceptors (Lipinski definition) is 4. The predicted octanol–water partition coefficient (Wildman–Crippen LogP) is 3.33. The number of aromatic amines is 1. The Morgan fingerprint density at radius 3 is 2.85 bits per heavy atom. The van der Waals surface area contributed by atoms with Crippen LogP contribution in [0.5, 0.6) is 5.75 Å². The van der Waals surface area contributed by atoms with Crippen molar-refractivity contribution in [1.29, 1.82) is 0 Å². The molecule has 0 saturated heterocycles. The van der Waals surface area contributed by atoms with E-state index in [1.807, 2.05) is 60.8 Å². The van der Waals surface area contributed by atoms with Crippen molar-refractivity contribution in [2.45, 2.75) is 6.54 Å². The molecule has 2 aromatic carbocycles. The van der Waals surface area contributed by atoms with E-state index < -0.39 is 0 Å². The molecule has 0 unspecified atom stereocenters. The second-order valence-electron chi connectivity index (χ2n) is 5.93. The zero-order valence-corrected chi connectivity index (χ0v) is 14.3. The second-order valence-corrected chi connectivity index (χ2v) is 5.93. The normalized spacial score (nSPS) is 10.8. The van der Waals surface area contributed by atoms with Gasteiger partial charge in [0.25, 0.3) is 5.56 Å². The number of para-hydroxylation sites is 1. The minimum absolute atomic E-state index is 0.0913. The van der Waals surface area contributed by atoms with Crippen molar-refractivity contribution in [3.8, 4) is 11.4 Å². The van der Waals surface area contributed by atoms with E-state index in [0.717, 1.165) is 22.3 Å². The van der Waals surface area contributed by atoms with Crippen molar-refractivity contribution >= 4 is 16.6 Å². The van der Waals surface area contributed by atoms with Gasteiger partial charge in [0.05, 0.1) is 12.8 Å². The third-order valence-corrected chi connectivity index (χ3v) is 4.21. The maximum atomic E-state index is 12.3. The average molecular weight is 346 g/mol. The molecule has 0 aliphatic rings. The van der Waals surface area contributed by atoms with Gasteiger partial charge >= 0.3 is 0 Å². The molecule has 2 aromatic heterocycles. The molecule has 2 N–H and O–H groups in total. The first kappa shape index (κ1) is 16.0. The number of methoxy groups -OCH3 is 1. The fourth-order valence-corrected chi connectivity index (χ4v) is 2.88. The van der Waals surface area contributed by atoms with Crippen LogP contribution < -0.4 is 15.6 Å². The van der Waals surface area contributed by atoms with E-state index in [0.29, 0.717) is 17.9 Å². The third kappa shape index (κ3) is 3.17. The zero-order chi connectivity index (χ0) is 17.9. The first-order valence-electron chi connectivity index (χ1n) is 8.27. The molecule has 4 aromatic rings. The summed E-state index contributed by atoms with van der Waals surface area (Å²) in [6.45, 7) is 0.409. The van der Waals surface area contributed by atoms with E-state index in [1.165, 1.54) is 0 Å². The molecular formula is C20H18N4O2. The Morgan fingerprint density at radius 1 is 1.15 bits per heavy atom. The molecule has 4 rings (SSSR count). The van der Waals surface area contributed by atoms with Gasteiger partial charge in [-0.25, -0.2) is 4.68 Å². The van der Waals surface area contributed by atoms with E-state index in [1.54, 1.807) is 18.0 Å². The smallest absolute Gasteiger partial charge is 0.253 e. The number of benzene rings is 2. The Hall–Kier alpha value is -3.54. The standard InChI is InChI=1S/C20H18N4O2/c1-26-18-11-16(10-17(12-18)24-8-4-7-22-24)21-13-15-9-14-5-2-3-6-19(14)23-20(15)25/h2-12,21H,13H2,1H3,(H,23,25). The Bertz CT molecular complexity index is 1100. The van der Waals surface area contributed by atoms with E-state index >= 15 is 0 Å². The van der Waals surface area contributed by atoms with Gasteiger partial charge in [-0.2, -0.15) is 5.10 Å². The molecule has 0 aliphatic heterocycles. The number of H-pyrrole nitrogens is 1. The summed E-state index contributed by atoms with van der Waals surface area (Å²) in [5.41, 5.74) is 3.15. The quantitative estimate of drug-likeness (QED) is 0.581.